The Hall–Kier alpha value is -3.39. The lowest BCUT2D eigenvalue weighted by atomic mass is 10.2. The Morgan fingerprint density at radius 2 is 2.00 bits per heavy atom. The molecule has 0 bridgehead atoms. The van der Waals surface area contributed by atoms with Crippen LogP contribution in [0.5, 0.6) is 0 Å². The summed E-state index contributed by atoms with van der Waals surface area (Å²) in [5.74, 6) is 0.579. The first-order valence-electron chi connectivity index (χ1n) is 7.45. The van der Waals surface area contributed by atoms with Gasteiger partial charge in [0.25, 0.3) is 0 Å². The molecule has 4 heterocycles. The number of rotatable bonds is 2. The van der Waals surface area contributed by atoms with Gasteiger partial charge in [0.05, 0.1) is 5.56 Å². The number of benzene rings is 1. The third-order valence-corrected chi connectivity index (χ3v) is 4.71. The maximum Gasteiger partial charge on any atom is 0.346 e. The highest BCUT2D eigenvalue weighted by Gasteiger charge is 2.17. The van der Waals surface area contributed by atoms with Crippen molar-refractivity contribution in [3.63, 3.8) is 0 Å². The van der Waals surface area contributed by atoms with Gasteiger partial charge in [-0.25, -0.2) is 4.79 Å². The second-order valence-corrected chi connectivity index (χ2v) is 6.31. The number of hydrogen-bond donors (Lipinski definition) is 0. The lowest BCUT2D eigenvalue weighted by Gasteiger charge is -1.98. The largest absolute Gasteiger partial charge is 0.422 e. The molecule has 5 rings (SSSR count). The molecule has 0 amide bonds. The lowest BCUT2D eigenvalue weighted by molar-refractivity contribution is 0.563. The molecule has 25 heavy (non-hydrogen) atoms. The zero-order valence-corrected chi connectivity index (χ0v) is 13.5. The molecule has 0 aliphatic heterocycles. The van der Waals surface area contributed by atoms with Crippen molar-refractivity contribution in [2.24, 2.45) is 0 Å². The molecule has 120 valence electrons. The number of nitrogens with zero attached hydrogens (tertiary/aromatic N) is 5. The molecule has 7 nitrogen and oxygen atoms in total. The smallest absolute Gasteiger partial charge is 0.346 e. The minimum Gasteiger partial charge on any atom is -0.422 e. The van der Waals surface area contributed by atoms with E-state index >= 15 is 0 Å². The van der Waals surface area contributed by atoms with Crippen LogP contribution in [0.25, 0.3) is 37.9 Å². The first-order valence-corrected chi connectivity index (χ1v) is 8.27. The van der Waals surface area contributed by atoms with Gasteiger partial charge in [-0.15, -0.1) is 10.2 Å². The number of hydrogen-bond acceptors (Lipinski definition) is 7. The van der Waals surface area contributed by atoms with Gasteiger partial charge in [-0.3, -0.25) is 4.98 Å². The molecule has 0 saturated heterocycles. The Labute approximate surface area is 144 Å². The van der Waals surface area contributed by atoms with Crippen molar-refractivity contribution in [2.45, 2.75) is 0 Å². The van der Waals surface area contributed by atoms with Gasteiger partial charge in [0.2, 0.25) is 4.96 Å². The first-order chi connectivity index (χ1) is 12.3. The summed E-state index contributed by atoms with van der Waals surface area (Å²) in [6, 6.07) is 12.9. The number of pyridine rings is 1. The van der Waals surface area contributed by atoms with E-state index < -0.39 is 5.63 Å². The number of aromatic nitrogens is 5. The van der Waals surface area contributed by atoms with Gasteiger partial charge in [-0.05, 0) is 24.3 Å². The van der Waals surface area contributed by atoms with Crippen molar-refractivity contribution in [2.75, 3.05) is 0 Å². The molecule has 0 fully saturated rings. The summed E-state index contributed by atoms with van der Waals surface area (Å²) in [6.45, 7) is 0. The molecule has 1 aromatic carbocycles. The second kappa shape index (κ2) is 5.32. The van der Waals surface area contributed by atoms with Crippen LogP contribution >= 0.6 is 11.3 Å². The molecule has 0 N–H and O–H groups in total. The minimum atomic E-state index is -0.424. The van der Waals surface area contributed by atoms with Gasteiger partial charge in [0.1, 0.15) is 5.58 Å². The maximum absolute atomic E-state index is 12.3. The average molecular weight is 347 g/mol. The SMILES string of the molecule is O=c1oc2ccccc2cc1-c1nn2c(-c3cccnc3)nnc2s1. The Kier molecular flexibility index (Phi) is 2.98. The van der Waals surface area contributed by atoms with Gasteiger partial charge in [-0.1, -0.05) is 29.5 Å². The Bertz CT molecular complexity index is 1270. The van der Waals surface area contributed by atoms with E-state index in [0.29, 0.717) is 26.9 Å². The van der Waals surface area contributed by atoms with E-state index in [9.17, 15) is 4.79 Å². The molecular weight excluding hydrogens is 338 g/mol. The first kappa shape index (κ1) is 14.0. The second-order valence-electron chi connectivity index (χ2n) is 5.35. The molecule has 0 atom stereocenters. The standard InChI is InChI=1S/C17H9N5O2S/c23-16-12(8-10-4-1-2-6-13(10)24-16)15-21-22-14(19-20-17(22)25-15)11-5-3-7-18-9-11/h1-9H. The molecule has 0 spiro atoms. The van der Waals surface area contributed by atoms with E-state index in [1.54, 1.807) is 29.0 Å². The summed E-state index contributed by atoms with van der Waals surface area (Å²) >= 11 is 1.29. The average Bonchev–Trinajstić information content (AvgIpc) is 3.22. The third-order valence-electron chi connectivity index (χ3n) is 3.78. The van der Waals surface area contributed by atoms with Crippen molar-refractivity contribution < 1.29 is 4.42 Å². The Morgan fingerprint density at radius 3 is 2.88 bits per heavy atom. The summed E-state index contributed by atoms with van der Waals surface area (Å²) in [5.41, 5.74) is 1.34. The van der Waals surface area contributed by atoms with Crippen molar-refractivity contribution in [1.29, 1.82) is 0 Å². The van der Waals surface area contributed by atoms with E-state index in [1.165, 1.54) is 11.3 Å². The number of para-hydroxylation sites is 1. The van der Waals surface area contributed by atoms with Crippen LogP contribution in [0.2, 0.25) is 0 Å². The fraction of sp³-hybridized carbons (Fsp3) is 0. The van der Waals surface area contributed by atoms with Crippen LogP contribution in [0.15, 0.2) is 64.1 Å². The highest BCUT2D eigenvalue weighted by Crippen LogP contribution is 2.27. The van der Waals surface area contributed by atoms with Crippen molar-refractivity contribution in [1.82, 2.24) is 24.8 Å². The summed E-state index contributed by atoms with van der Waals surface area (Å²) in [6.07, 6.45) is 3.38. The zero-order valence-electron chi connectivity index (χ0n) is 12.7. The van der Waals surface area contributed by atoms with Gasteiger partial charge < -0.3 is 4.42 Å². The normalized spacial score (nSPS) is 11.4. The van der Waals surface area contributed by atoms with Gasteiger partial charge >= 0.3 is 5.63 Å². The van der Waals surface area contributed by atoms with Gasteiger partial charge in [-0.2, -0.15) is 9.61 Å². The Balaban J connectivity index is 1.71. The van der Waals surface area contributed by atoms with E-state index in [1.807, 2.05) is 30.3 Å². The van der Waals surface area contributed by atoms with Crippen LogP contribution in [-0.2, 0) is 0 Å². The molecule has 0 unspecified atom stereocenters. The third kappa shape index (κ3) is 2.23. The maximum atomic E-state index is 12.3. The molecule has 8 heteroatoms. The highest BCUT2D eigenvalue weighted by molar-refractivity contribution is 7.19. The zero-order chi connectivity index (χ0) is 16.8. The molecule has 0 saturated carbocycles. The molecule has 0 aliphatic carbocycles. The molecular formula is C17H9N5O2S. The number of fused-ring (bicyclic) bond motifs is 2. The fourth-order valence-corrected chi connectivity index (χ4v) is 3.45. The molecule has 4 aromatic heterocycles. The van der Waals surface area contributed by atoms with E-state index in [2.05, 4.69) is 20.3 Å². The van der Waals surface area contributed by atoms with Crippen LogP contribution in [0.4, 0.5) is 0 Å². The quantitative estimate of drug-likeness (QED) is 0.456. The monoisotopic (exact) mass is 347 g/mol. The van der Waals surface area contributed by atoms with Crippen molar-refractivity contribution in [3.05, 3.63) is 65.3 Å². The predicted molar refractivity (Wildman–Crippen MR) is 93.4 cm³/mol. The molecule has 5 aromatic rings. The van der Waals surface area contributed by atoms with Crippen molar-refractivity contribution in [3.8, 4) is 22.0 Å². The predicted octanol–water partition coefficient (Wildman–Crippen LogP) is 3.02. The van der Waals surface area contributed by atoms with Crippen LogP contribution in [-0.4, -0.2) is 24.8 Å². The van der Waals surface area contributed by atoms with Crippen LogP contribution in [0.1, 0.15) is 0 Å². The molecule has 0 aliphatic rings. The van der Waals surface area contributed by atoms with E-state index in [0.717, 1.165) is 10.9 Å². The van der Waals surface area contributed by atoms with E-state index in [-0.39, 0.29) is 0 Å². The van der Waals surface area contributed by atoms with Gasteiger partial charge in [0.15, 0.2) is 10.8 Å². The summed E-state index contributed by atoms with van der Waals surface area (Å²) < 4.78 is 7.01. The summed E-state index contributed by atoms with van der Waals surface area (Å²) in [5, 5.41) is 14.2. The topological polar surface area (TPSA) is 86.2 Å². The van der Waals surface area contributed by atoms with E-state index in [4.69, 9.17) is 4.42 Å². The summed E-state index contributed by atoms with van der Waals surface area (Å²) in [7, 11) is 0. The highest BCUT2D eigenvalue weighted by atomic mass is 32.1. The van der Waals surface area contributed by atoms with Crippen LogP contribution in [0.3, 0.4) is 0 Å². The minimum absolute atomic E-state index is 0.409. The van der Waals surface area contributed by atoms with Crippen LogP contribution < -0.4 is 5.63 Å². The van der Waals surface area contributed by atoms with Crippen LogP contribution in [0, 0.1) is 0 Å². The molecule has 0 radical (unpaired) electrons. The fourth-order valence-electron chi connectivity index (χ4n) is 2.61. The lowest BCUT2D eigenvalue weighted by Crippen LogP contribution is -2.03. The van der Waals surface area contributed by atoms with Crippen molar-refractivity contribution >= 4 is 27.3 Å². The Morgan fingerprint density at radius 1 is 1.08 bits per heavy atom. The summed E-state index contributed by atoms with van der Waals surface area (Å²) in [4.78, 5) is 17.0. The van der Waals surface area contributed by atoms with Gasteiger partial charge in [0, 0.05) is 23.3 Å².